The summed E-state index contributed by atoms with van der Waals surface area (Å²) < 4.78 is 43.9. The zero-order valence-corrected chi connectivity index (χ0v) is 19.3. The van der Waals surface area contributed by atoms with Gasteiger partial charge in [-0.2, -0.15) is 19.1 Å². The van der Waals surface area contributed by atoms with E-state index in [-0.39, 0.29) is 35.2 Å². The fourth-order valence-electron chi connectivity index (χ4n) is 4.73. The topological polar surface area (TPSA) is 85.8 Å². The van der Waals surface area contributed by atoms with Gasteiger partial charge in [-0.25, -0.2) is 4.52 Å². The molecule has 0 unspecified atom stereocenters. The van der Waals surface area contributed by atoms with Crippen LogP contribution in [0.25, 0.3) is 16.6 Å². The quantitative estimate of drug-likeness (QED) is 0.413. The Morgan fingerprint density at radius 2 is 2.03 bits per heavy atom. The lowest BCUT2D eigenvalue weighted by atomic mass is 9.76. The number of aromatic nitrogens is 2. The van der Waals surface area contributed by atoms with Crippen molar-refractivity contribution >= 4 is 11.3 Å². The second-order valence-corrected chi connectivity index (χ2v) is 9.11. The van der Waals surface area contributed by atoms with Crippen molar-refractivity contribution in [3.8, 4) is 28.7 Å². The van der Waals surface area contributed by atoms with E-state index in [1.54, 1.807) is 16.8 Å². The first-order valence-corrected chi connectivity index (χ1v) is 11.6. The maximum Gasteiger partial charge on any atom is 0.387 e. The van der Waals surface area contributed by atoms with Gasteiger partial charge < -0.3 is 14.2 Å². The average Bonchev–Trinajstić information content (AvgIpc) is 3.57. The molecule has 5 rings (SSSR count). The number of nitriles is 1. The van der Waals surface area contributed by atoms with E-state index in [0.717, 1.165) is 23.9 Å². The third kappa shape index (κ3) is 4.46. The van der Waals surface area contributed by atoms with Gasteiger partial charge in [0.1, 0.15) is 17.1 Å². The summed E-state index contributed by atoms with van der Waals surface area (Å²) in [4.78, 5) is 12.9. The van der Waals surface area contributed by atoms with Gasteiger partial charge in [-0.3, -0.25) is 4.79 Å². The number of nitrogens with zero attached hydrogens (tertiary/aromatic N) is 3. The zero-order chi connectivity index (χ0) is 24.6. The molecule has 9 heteroatoms. The first-order valence-electron chi connectivity index (χ1n) is 11.6. The summed E-state index contributed by atoms with van der Waals surface area (Å²) in [6, 6.07) is 9.30. The van der Waals surface area contributed by atoms with Crippen LogP contribution in [0.4, 0.5) is 8.78 Å². The van der Waals surface area contributed by atoms with Crippen LogP contribution in [0.2, 0.25) is 0 Å². The Labute approximate surface area is 201 Å². The number of carbonyl (C=O) groups is 1. The molecule has 0 N–H and O–H groups in total. The van der Waals surface area contributed by atoms with E-state index in [2.05, 4.69) is 11.2 Å². The van der Waals surface area contributed by atoms with Crippen molar-refractivity contribution in [1.29, 1.82) is 5.26 Å². The van der Waals surface area contributed by atoms with E-state index in [0.29, 0.717) is 37.2 Å². The minimum Gasteiger partial charge on any atom is -0.496 e. The second kappa shape index (κ2) is 9.27. The molecule has 1 aromatic carbocycles. The first-order chi connectivity index (χ1) is 16.9. The van der Waals surface area contributed by atoms with Gasteiger partial charge in [-0.1, -0.05) is 6.07 Å². The van der Waals surface area contributed by atoms with E-state index in [1.165, 1.54) is 13.2 Å². The first kappa shape index (κ1) is 23.2. The number of ether oxygens (including phenoxy) is 3. The molecule has 1 saturated heterocycles. The van der Waals surface area contributed by atoms with Crippen LogP contribution >= 0.6 is 0 Å². The Kier molecular flexibility index (Phi) is 6.15. The molecule has 1 aliphatic heterocycles. The summed E-state index contributed by atoms with van der Waals surface area (Å²) in [5, 5.41) is 14.3. The number of methoxy groups -OCH3 is 1. The number of carbonyl (C=O) groups excluding carboxylic acids is 1. The van der Waals surface area contributed by atoms with E-state index in [9.17, 15) is 18.8 Å². The normalized spacial score (nSPS) is 17.3. The number of halogens is 2. The van der Waals surface area contributed by atoms with Crippen LogP contribution in [0, 0.1) is 17.2 Å². The average molecular weight is 481 g/mol. The van der Waals surface area contributed by atoms with Crippen molar-refractivity contribution in [2.24, 2.45) is 5.92 Å². The number of ketones is 1. The molecule has 2 aromatic heterocycles. The Hall–Kier alpha value is -3.51. The van der Waals surface area contributed by atoms with Crippen molar-refractivity contribution in [3.05, 3.63) is 47.8 Å². The molecule has 1 aliphatic carbocycles. The third-order valence-electron chi connectivity index (χ3n) is 6.89. The highest BCUT2D eigenvalue weighted by Gasteiger charge is 2.35. The van der Waals surface area contributed by atoms with E-state index in [1.807, 2.05) is 18.3 Å². The Morgan fingerprint density at radius 3 is 2.69 bits per heavy atom. The standard InChI is InChI=1S/C26H25F2N3O4/c1-33-22-11-17(12-23(35-25(27)28)24(22)21(32)10-16-2-3-16)19-13-30-31-14-18(4-5-20(19)31)26(15-29)6-8-34-9-7-26/h4-5,11-14,16,25H,2-3,6-10H2,1H3. The van der Waals surface area contributed by atoms with Gasteiger partial charge in [0.25, 0.3) is 0 Å². The maximum absolute atomic E-state index is 13.3. The smallest absolute Gasteiger partial charge is 0.387 e. The van der Waals surface area contributed by atoms with Crippen molar-refractivity contribution in [2.75, 3.05) is 20.3 Å². The lowest BCUT2D eigenvalue weighted by molar-refractivity contribution is -0.0502. The van der Waals surface area contributed by atoms with Gasteiger partial charge in [0.2, 0.25) is 0 Å². The fraction of sp³-hybridized carbons (Fsp3) is 0.423. The van der Waals surface area contributed by atoms with Gasteiger partial charge in [0.05, 0.1) is 30.3 Å². The predicted molar refractivity (Wildman–Crippen MR) is 123 cm³/mol. The SMILES string of the molecule is COc1cc(-c2cnn3cc(C4(C#N)CCOCC4)ccc23)cc(OC(F)F)c1C(=O)CC1CC1. The Bertz CT molecular complexity index is 1300. The van der Waals surface area contributed by atoms with E-state index >= 15 is 0 Å². The van der Waals surface area contributed by atoms with Gasteiger partial charge >= 0.3 is 6.61 Å². The minimum atomic E-state index is -3.09. The number of Topliss-reactive ketones (excluding diaryl/α,β-unsaturated/α-hetero) is 1. The molecule has 0 spiro atoms. The van der Waals surface area contributed by atoms with Gasteiger partial charge in [-0.05, 0) is 60.9 Å². The molecule has 7 nitrogen and oxygen atoms in total. The van der Waals surface area contributed by atoms with Crippen molar-refractivity contribution in [2.45, 2.75) is 44.1 Å². The van der Waals surface area contributed by atoms with Crippen LogP contribution in [0.5, 0.6) is 11.5 Å². The summed E-state index contributed by atoms with van der Waals surface area (Å²) >= 11 is 0. The van der Waals surface area contributed by atoms with Gasteiger partial charge in [0.15, 0.2) is 5.78 Å². The maximum atomic E-state index is 13.3. The van der Waals surface area contributed by atoms with Crippen LogP contribution in [0.1, 0.15) is 48.0 Å². The molecule has 0 bridgehead atoms. The molecule has 182 valence electrons. The minimum absolute atomic E-state index is 0.0395. The van der Waals surface area contributed by atoms with E-state index in [4.69, 9.17) is 14.2 Å². The molecule has 3 heterocycles. The van der Waals surface area contributed by atoms with E-state index < -0.39 is 12.0 Å². The summed E-state index contributed by atoms with van der Waals surface area (Å²) in [6.45, 7) is -2.04. The number of fused-ring (bicyclic) bond motifs is 1. The van der Waals surface area contributed by atoms with Crippen LogP contribution in [-0.4, -0.2) is 42.3 Å². The monoisotopic (exact) mass is 481 g/mol. The molecule has 0 amide bonds. The number of hydrogen-bond acceptors (Lipinski definition) is 6. The summed E-state index contributed by atoms with van der Waals surface area (Å²) in [5.41, 5.74) is 2.17. The summed E-state index contributed by atoms with van der Waals surface area (Å²) in [7, 11) is 1.40. The molecule has 2 fully saturated rings. The van der Waals surface area contributed by atoms with Crippen molar-refractivity contribution in [1.82, 2.24) is 9.61 Å². The largest absolute Gasteiger partial charge is 0.496 e. The molecule has 1 saturated carbocycles. The highest BCUT2D eigenvalue weighted by Crippen LogP contribution is 2.41. The van der Waals surface area contributed by atoms with Gasteiger partial charge in [-0.15, -0.1) is 0 Å². The van der Waals surface area contributed by atoms with Crippen LogP contribution in [-0.2, 0) is 10.2 Å². The van der Waals surface area contributed by atoms with Crippen LogP contribution in [0.15, 0.2) is 36.7 Å². The summed E-state index contributed by atoms with van der Waals surface area (Å²) in [5.74, 6) is -0.00568. The zero-order valence-electron chi connectivity index (χ0n) is 19.3. The molecule has 0 atom stereocenters. The third-order valence-corrected chi connectivity index (χ3v) is 6.89. The summed E-state index contributed by atoms with van der Waals surface area (Å²) in [6.07, 6.45) is 6.85. The lowest BCUT2D eigenvalue weighted by Crippen LogP contribution is -2.32. The molecular formula is C26H25F2N3O4. The van der Waals surface area contributed by atoms with Gasteiger partial charge in [0, 0.05) is 31.4 Å². The second-order valence-electron chi connectivity index (χ2n) is 9.11. The Balaban J connectivity index is 1.57. The highest BCUT2D eigenvalue weighted by molar-refractivity contribution is 6.02. The number of pyridine rings is 1. The van der Waals surface area contributed by atoms with Crippen LogP contribution in [0.3, 0.4) is 0 Å². The van der Waals surface area contributed by atoms with Crippen molar-refractivity contribution < 1.29 is 27.8 Å². The number of alkyl halides is 2. The lowest BCUT2D eigenvalue weighted by Gasteiger charge is -2.30. The highest BCUT2D eigenvalue weighted by atomic mass is 19.3. The Morgan fingerprint density at radius 1 is 1.29 bits per heavy atom. The van der Waals surface area contributed by atoms with Crippen LogP contribution < -0.4 is 9.47 Å². The number of rotatable bonds is 8. The molecule has 2 aliphatic rings. The van der Waals surface area contributed by atoms with Crippen molar-refractivity contribution in [3.63, 3.8) is 0 Å². The number of benzene rings is 1. The number of hydrogen-bond donors (Lipinski definition) is 0. The predicted octanol–water partition coefficient (Wildman–Crippen LogP) is 5.17. The molecule has 35 heavy (non-hydrogen) atoms. The molecule has 0 radical (unpaired) electrons. The molecular weight excluding hydrogens is 456 g/mol. The fourth-order valence-corrected chi connectivity index (χ4v) is 4.73. The molecule has 3 aromatic rings.